The molecule has 0 amide bonds. The van der Waals surface area contributed by atoms with E-state index >= 15 is 0 Å². The average Bonchev–Trinajstić information content (AvgIpc) is 3.10. The molecule has 1 N–H and O–H groups in total. The molecule has 2 aromatic carbocycles. The zero-order chi connectivity index (χ0) is 15.4. The van der Waals surface area contributed by atoms with Gasteiger partial charge >= 0.3 is 0 Å². The quantitative estimate of drug-likeness (QED) is 0.801. The van der Waals surface area contributed by atoms with Gasteiger partial charge in [0.2, 0.25) is 0 Å². The summed E-state index contributed by atoms with van der Waals surface area (Å²) in [5.41, 5.74) is 3.10. The lowest BCUT2D eigenvalue weighted by Crippen LogP contribution is -2.07. The van der Waals surface area contributed by atoms with Crippen LogP contribution in [0.4, 0.5) is 0 Å². The van der Waals surface area contributed by atoms with Crippen LogP contribution in [-0.2, 0) is 0 Å². The highest BCUT2D eigenvalue weighted by Gasteiger charge is 2.21. The topological polar surface area (TPSA) is 76.3 Å². The fourth-order valence-electron chi connectivity index (χ4n) is 2.52. The highest BCUT2D eigenvalue weighted by molar-refractivity contribution is 5.48. The zero-order valence-corrected chi connectivity index (χ0v) is 11.7. The van der Waals surface area contributed by atoms with Gasteiger partial charge in [0.05, 0.1) is 29.2 Å². The van der Waals surface area contributed by atoms with E-state index < -0.39 is 0 Å². The second-order valence-electron chi connectivity index (χ2n) is 4.84. The zero-order valence-electron chi connectivity index (χ0n) is 11.7. The first kappa shape index (κ1) is 13.6. The summed E-state index contributed by atoms with van der Waals surface area (Å²) in [7, 11) is 0. The maximum Gasteiger partial charge on any atom is 0.118 e. The molecule has 22 heavy (non-hydrogen) atoms. The Bertz CT molecular complexity index is 849. The number of nitriles is 2. The van der Waals surface area contributed by atoms with Crippen molar-refractivity contribution in [1.29, 1.82) is 10.5 Å². The monoisotopic (exact) mass is 284 g/mol. The number of benzene rings is 2. The van der Waals surface area contributed by atoms with Crippen molar-refractivity contribution in [3.05, 3.63) is 89.0 Å². The number of H-pyrrole nitrogens is 1. The van der Waals surface area contributed by atoms with Crippen molar-refractivity contribution in [3.8, 4) is 12.1 Å². The van der Waals surface area contributed by atoms with E-state index in [9.17, 15) is 5.26 Å². The van der Waals surface area contributed by atoms with Gasteiger partial charge in [-0.25, -0.2) is 4.98 Å². The van der Waals surface area contributed by atoms with Crippen molar-refractivity contribution in [2.24, 2.45) is 0 Å². The summed E-state index contributed by atoms with van der Waals surface area (Å²) < 4.78 is 0. The summed E-state index contributed by atoms with van der Waals surface area (Å²) in [4.78, 5) is 7.49. The van der Waals surface area contributed by atoms with Crippen molar-refractivity contribution in [3.63, 3.8) is 0 Å². The highest BCUT2D eigenvalue weighted by Crippen LogP contribution is 2.31. The van der Waals surface area contributed by atoms with Gasteiger partial charge in [0.15, 0.2) is 0 Å². The number of hydrogen-bond donors (Lipinski definition) is 1. The number of aromatic amines is 1. The van der Waals surface area contributed by atoms with Crippen LogP contribution in [-0.4, -0.2) is 9.97 Å². The lowest BCUT2D eigenvalue weighted by Gasteiger charge is -2.17. The number of imidazole rings is 1. The van der Waals surface area contributed by atoms with Crippen molar-refractivity contribution in [2.45, 2.75) is 5.92 Å². The molecule has 0 aliphatic heterocycles. The maximum atomic E-state index is 9.37. The first-order chi connectivity index (χ1) is 10.8. The van der Waals surface area contributed by atoms with Gasteiger partial charge in [0.1, 0.15) is 5.82 Å². The van der Waals surface area contributed by atoms with E-state index in [1.165, 1.54) is 0 Å². The van der Waals surface area contributed by atoms with E-state index in [-0.39, 0.29) is 5.92 Å². The third kappa shape index (κ3) is 2.46. The number of rotatable bonds is 3. The van der Waals surface area contributed by atoms with Crippen molar-refractivity contribution < 1.29 is 0 Å². The molecule has 0 fully saturated rings. The standard InChI is InChI=1S/C18H12N4/c19-11-13-5-7-14(8-6-13)17(18-21-9-10-22-18)16-4-2-1-3-15(16)12-20/h1-10,17H,(H,21,22). The van der Waals surface area contributed by atoms with Crippen LogP contribution in [0.2, 0.25) is 0 Å². The molecule has 0 aliphatic rings. The molecule has 4 heteroatoms. The van der Waals surface area contributed by atoms with Crippen LogP contribution >= 0.6 is 0 Å². The second-order valence-corrected chi connectivity index (χ2v) is 4.84. The minimum absolute atomic E-state index is 0.168. The van der Waals surface area contributed by atoms with E-state index in [0.717, 1.165) is 17.0 Å². The van der Waals surface area contributed by atoms with Crippen molar-refractivity contribution in [2.75, 3.05) is 0 Å². The number of nitrogens with zero attached hydrogens (tertiary/aromatic N) is 3. The van der Waals surface area contributed by atoms with Crippen LogP contribution in [0.25, 0.3) is 0 Å². The van der Waals surface area contributed by atoms with Gasteiger partial charge in [-0.15, -0.1) is 0 Å². The Kier molecular flexibility index (Phi) is 3.68. The maximum absolute atomic E-state index is 9.37. The average molecular weight is 284 g/mol. The molecule has 1 unspecified atom stereocenters. The molecular weight excluding hydrogens is 272 g/mol. The Morgan fingerprint density at radius 3 is 2.36 bits per heavy atom. The molecule has 3 aromatic rings. The van der Waals surface area contributed by atoms with Gasteiger partial charge in [-0.1, -0.05) is 30.3 Å². The smallest absolute Gasteiger partial charge is 0.118 e. The van der Waals surface area contributed by atoms with E-state index in [1.807, 2.05) is 30.3 Å². The molecule has 1 aromatic heterocycles. The largest absolute Gasteiger partial charge is 0.348 e. The molecule has 0 radical (unpaired) electrons. The van der Waals surface area contributed by atoms with Crippen LogP contribution in [0.3, 0.4) is 0 Å². The van der Waals surface area contributed by atoms with Gasteiger partial charge in [0, 0.05) is 12.4 Å². The Balaban J connectivity index is 2.17. The molecule has 0 saturated heterocycles. The summed E-state index contributed by atoms with van der Waals surface area (Å²) >= 11 is 0. The first-order valence-electron chi connectivity index (χ1n) is 6.82. The van der Waals surface area contributed by atoms with Crippen LogP contribution in [0.1, 0.15) is 34.0 Å². The van der Waals surface area contributed by atoms with Gasteiger partial charge in [0.25, 0.3) is 0 Å². The third-order valence-electron chi connectivity index (χ3n) is 3.56. The highest BCUT2D eigenvalue weighted by atomic mass is 14.9. The minimum Gasteiger partial charge on any atom is -0.348 e. The predicted octanol–water partition coefficient (Wildman–Crippen LogP) is 3.33. The van der Waals surface area contributed by atoms with Crippen LogP contribution in [0, 0.1) is 22.7 Å². The summed E-state index contributed by atoms with van der Waals surface area (Å²) in [5, 5.41) is 18.3. The molecule has 104 valence electrons. The van der Waals surface area contributed by atoms with Crippen molar-refractivity contribution in [1.82, 2.24) is 9.97 Å². The Morgan fingerprint density at radius 2 is 1.73 bits per heavy atom. The SMILES string of the molecule is N#Cc1ccc(C(c2ncc[nH]2)c2ccccc2C#N)cc1. The molecule has 1 atom stereocenters. The Hall–Kier alpha value is -3.37. The Labute approximate surface area is 128 Å². The molecule has 0 spiro atoms. The van der Waals surface area contributed by atoms with Crippen LogP contribution < -0.4 is 0 Å². The molecule has 3 rings (SSSR count). The Morgan fingerprint density at radius 1 is 0.955 bits per heavy atom. The van der Waals surface area contributed by atoms with E-state index in [0.29, 0.717) is 11.1 Å². The first-order valence-corrected chi connectivity index (χ1v) is 6.82. The molecule has 0 aliphatic carbocycles. The molecule has 0 saturated carbocycles. The predicted molar refractivity (Wildman–Crippen MR) is 81.8 cm³/mol. The lowest BCUT2D eigenvalue weighted by atomic mass is 9.87. The van der Waals surface area contributed by atoms with E-state index in [1.54, 1.807) is 30.6 Å². The molecular formula is C18H12N4. The third-order valence-corrected chi connectivity index (χ3v) is 3.56. The number of nitrogens with one attached hydrogen (secondary N) is 1. The summed E-state index contributed by atoms with van der Waals surface area (Å²) in [6.45, 7) is 0. The van der Waals surface area contributed by atoms with Gasteiger partial charge < -0.3 is 4.98 Å². The van der Waals surface area contributed by atoms with Gasteiger partial charge in [-0.3, -0.25) is 0 Å². The van der Waals surface area contributed by atoms with Gasteiger partial charge in [-0.2, -0.15) is 10.5 Å². The second kappa shape index (κ2) is 5.95. The fourth-order valence-corrected chi connectivity index (χ4v) is 2.52. The normalized spacial score (nSPS) is 11.4. The molecule has 0 bridgehead atoms. The molecule has 1 heterocycles. The summed E-state index contributed by atoms with van der Waals surface area (Å²) in [6, 6.07) is 19.2. The van der Waals surface area contributed by atoms with Crippen molar-refractivity contribution >= 4 is 0 Å². The van der Waals surface area contributed by atoms with E-state index in [2.05, 4.69) is 22.1 Å². The van der Waals surface area contributed by atoms with Gasteiger partial charge in [-0.05, 0) is 29.3 Å². The number of hydrogen-bond acceptors (Lipinski definition) is 3. The lowest BCUT2D eigenvalue weighted by molar-refractivity contribution is 0.880. The fraction of sp³-hybridized carbons (Fsp3) is 0.0556. The van der Waals surface area contributed by atoms with E-state index in [4.69, 9.17) is 5.26 Å². The summed E-state index contributed by atoms with van der Waals surface area (Å²) in [6.07, 6.45) is 3.46. The molecule has 4 nitrogen and oxygen atoms in total. The number of aromatic nitrogens is 2. The van der Waals surface area contributed by atoms with Crippen LogP contribution in [0.15, 0.2) is 60.9 Å². The summed E-state index contributed by atoms with van der Waals surface area (Å²) in [5.74, 6) is 0.603. The minimum atomic E-state index is -0.168. The van der Waals surface area contributed by atoms with Crippen LogP contribution in [0.5, 0.6) is 0 Å².